The maximum Gasteiger partial charge on any atom is 0.350 e. The highest BCUT2D eigenvalue weighted by Crippen LogP contribution is 2.44. The Labute approximate surface area is 271 Å². The zero-order valence-electron chi connectivity index (χ0n) is 24.5. The molecule has 0 N–H and O–H groups in total. The van der Waals surface area contributed by atoms with Crippen molar-refractivity contribution in [2.24, 2.45) is 0 Å². The Morgan fingerprint density at radius 1 is 1.13 bits per heavy atom. The fraction of sp³-hybridized carbons (Fsp3) is 0.464. The molecule has 4 atom stereocenters. The highest BCUT2D eigenvalue weighted by atomic mass is 35.5. The first-order valence-electron chi connectivity index (χ1n) is 13.5. The second-order valence-corrected chi connectivity index (χ2v) is 11.0. The maximum absolute atomic E-state index is 13.5. The zero-order chi connectivity index (χ0) is 32.9. The molecule has 4 heterocycles. The number of rotatable bonds is 12. The van der Waals surface area contributed by atoms with E-state index in [1.165, 1.54) is 22.2 Å². The minimum atomic E-state index is -2.32. The minimum Gasteiger partial charge on any atom is -0.463 e. The number of hydrogen-bond acceptors (Lipinski definition) is 14. The van der Waals surface area contributed by atoms with Gasteiger partial charge >= 0.3 is 23.9 Å². The van der Waals surface area contributed by atoms with E-state index in [-0.39, 0.29) is 41.2 Å². The van der Waals surface area contributed by atoms with E-state index in [4.69, 9.17) is 58.0 Å². The largest absolute Gasteiger partial charge is 0.463 e. The third-order valence-electron chi connectivity index (χ3n) is 6.65. The molecular weight excluding hydrogens is 655 g/mol. The molecule has 0 bridgehead atoms. The molecule has 0 saturated carbocycles. The molecule has 1 aliphatic heterocycles. The Kier molecular flexibility index (Phi) is 10.7. The second-order valence-electron chi connectivity index (χ2n) is 9.57. The number of imidazole rings is 1. The summed E-state index contributed by atoms with van der Waals surface area (Å²) in [7, 11) is 0. The fourth-order valence-electron chi connectivity index (χ4n) is 4.83. The van der Waals surface area contributed by atoms with Gasteiger partial charge in [-0.15, -0.1) is 6.42 Å². The van der Waals surface area contributed by atoms with Gasteiger partial charge in [-0.3, -0.25) is 14.2 Å². The van der Waals surface area contributed by atoms with E-state index in [9.17, 15) is 19.2 Å². The summed E-state index contributed by atoms with van der Waals surface area (Å²) >= 11 is 13.6. The zero-order valence-corrected chi connectivity index (χ0v) is 26.8. The third kappa shape index (κ3) is 6.75. The van der Waals surface area contributed by atoms with Gasteiger partial charge in [-0.25, -0.2) is 19.6 Å². The smallest absolute Gasteiger partial charge is 0.350 e. The van der Waals surface area contributed by atoms with Gasteiger partial charge in [0.05, 0.1) is 26.1 Å². The highest BCUT2D eigenvalue weighted by Gasteiger charge is 2.63. The van der Waals surface area contributed by atoms with E-state index in [0.717, 1.165) is 13.8 Å². The predicted octanol–water partition coefficient (Wildman–Crippen LogP) is 3.08. The van der Waals surface area contributed by atoms with Crippen LogP contribution in [0.5, 0.6) is 0 Å². The predicted molar refractivity (Wildman–Crippen MR) is 158 cm³/mol. The number of carbonyl (C=O) groups excluding carboxylic acids is 4. The Hall–Kier alpha value is -3.81. The number of aromatic nitrogens is 4. The van der Waals surface area contributed by atoms with Gasteiger partial charge in [-0.2, -0.15) is 16.3 Å². The molecule has 1 aliphatic rings. The van der Waals surface area contributed by atoms with Crippen molar-refractivity contribution in [2.75, 3.05) is 19.8 Å². The van der Waals surface area contributed by atoms with Crippen LogP contribution < -0.4 is 0 Å². The highest BCUT2D eigenvalue weighted by molar-refractivity contribution is 7.07. The number of nitrogens with zero attached hydrogens (tertiary/aromatic N) is 4. The van der Waals surface area contributed by atoms with Crippen LogP contribution in [0.2, 0.25) is 10.4 Å². The van der Waals surface area contributed by atoms with Gasteiger partial charge in [0.1, 0.15) is 11.6 Å². The van der Waals surface area contributed by atoms with E-state index in [1.54, 1.807) is 30.7 Å². The molecule has 0 unspecified atom stereocenters. The van der Waals surface area contributed by atoms with Gasteiger partial charge in [0.25, 0.3) is 5.60 Å². The average molecular weight is 684 g/mol. The second kappa shape index (κ2) is 14.1. The molecule has 45 heavy (non-hydrogen) atoms. The first-order chi connectivity index (χ1) is 21.4. The van der Waals surface area contributed by atoms with Gasteiger partial charge in [-0.05, 0) is 47.8 Å². The molecule has 0 aliphatic carbocycles. The van der Waals surface area contributed by atoms with E-state index >= 15 is 0 Å². The van der Waals surface area contributed by atoms with Gasteiger partial charge in [0.15, 0.2) is 17.0 Å². The van der Waals surface area contributed by atoms with E-state index in [0.29, 0.717) is 5.56 Å². The molecule has 0 amide bonds. The molecule has 1 fully saturated rings. The average Bonchev–Trinajstić information content (AvgIpc) is 3.70. The van der Waals surface area contributed by atoms with Crippen molar-refractivity contribution in [3.8, 4) is 12.3 Å². The molecule has 4 rings (SSSR count). The van der Waals surface area contributed by atoms with E-state index in [1.807, 2.05) is 0 Å². The molecule has 3 aromatic heterocycles. The van der Waals surface area contributed by atoms with Crippen molar-refractivity contribution in [3.05, 3.63) is 39.2 Å². The van der Waals surface area contributed by atoms with Crippen molar-refractivity contribution in [1.29, 1.82) is 0 Å². The Morgan fingerprint density at radius 2 is 1.82 bits per heavy atom. The maximum atomic E-state index is 13.5. The Morgan fingerprint density at radius 3 is 2.38 bits per heavy atom. The minimum absolute atomic E-state index is 0.0716. The van der Waals surface area contributed by atoms with Crippen molar-refractivity contribution in [1.82, 2.24) is 19.5 Å². The summed E-state index contributed by atoms with van der Waals surface area (Å²) in [5, 5.41) is 3.19. The summed E-state index contributed by atoms with van der Waals surface area (Å²) in [4.78, 5) is 64.0. The lowest BCUT2D eigenvalue weighted by molar-refractivity contribution is -0.200. The molecule has 3 aromatic rings. The normalized spacial score (nSPS) is 21.2. The molecule has 0 radical (unpaired) electrons. The first kappa shape index (κ1) is 34.1. The number of fused-ring (bicyclic) bond motifs is 1. The van der Waals surface area contributed by atoms with Crippen molar-refractivity contribution in [3.63, 3.8) is 0 Å². The summed E-state index contributed by atoms with van der Waals surface area (Å²) in [5.41, 5.74) is -3.70. The fourth-order valence-corrected chi connectivity index (χ4v) is 5.92. The molecule has 17 heteroatoms. The number of ether oxygens (including phenoxy) is 6. The van der Waals surface area contributed by atoms with Gasteiger partial charge in [-0.1, -0.05) is 17.5 Å². The van der Waals surface area contributed by atoms with Crippen LogP contribution in [0.1, 0.15) is 39.5 Å². The van der Waals surface area contributed by atoms with E-state index in [2.05, 4.69) is 20.9 Å². The summed E-state index contributed by atoms with van der Waals surface area (Å²) in [5.74, 6) is -1.32. The lowest BCUT2D eigenvalue weighted by Gasteiger charge is -2.34. The van der Waals surface area contributed by atoms with Crippen molar-refractivity contribution >= 4 is 69.6 Å². The number of carbonyl (C=O) groups is 4. The topological polar surface area (TPSA) is 167 Å². The van der Waals surface area contributed by atoms with Crippen LogP contribution in [0.15, 0.2) is 23.2 Å². The number of thiophene rings is 1. The monoisotopic (exact) mass is 682 g/mol. The van der Waals surface area contributed by atoms with Crippen molar-refractivity contribution in [2.45, 2.75) is 63.8 Å². The Bertz CT molecular complexity index is 1610. The molecular formula is C28H28Cl2N4O10S. The summed E-state index contributed by atoms with van der Waals surface area (Å²) in [6, 6.07) is 1.70. The van der Waals surface area contributed by atoms with Crippen LogP contribution in [0, 0.1) is 12.3 Å². The van der Waals surface area contributed by atoms with Crippen molar-refractivity contribution < 1.29 is 47.6 Å². The van der Waals surface area contributed by atoms with Crippen LogP contribution in [0.25, 0.3) is 11.2 Å². The lowest BCUT2D eigenvalue weighted by Crippen LogP contribution is -2.57. The number of terminal acetylenes is 1. The summed E-state index contributed by atoms with van der Waals surface area (Å²) in [6.07, 6.45) is 2.63. The number of esters is 4. The van der Waals surface area contributed by atoms with Crippen LogP contribution in [0.4, 0.5) is 0 Å². The molecule has 0 aromatic carbocycles. The van der Waals surface area contributed by atoms with Crippen LogP contribution in [0.3, 0.4) is 0 Å². The standard InChI is InChI=1S/C28H28Cl2N4O10S/c1-6-27(44-16(5)36)18(12-41-28(24(37)39-7-2,25(38)40-8-3)11-17-9-10-45-13-17)43-23(20(27)42-15(4)35)34-14-31-19-21(29)32-26(30)33-22(19)34/h1,9-10,13-14,18,20,23H,7-8,11-12H2,2-5H3/t18-,20+,23-,27-/m1/s1. The lowest BCUT2D eigenvalue weighted by atomic mass is 9.91. The quantitative estimate of drug-likeness (QED) is 0.0683. The van der Waals surface area contributed by atoms with Gasteiger partial charge < -0.3 is 28.4 Å². The molecule has 1 saturated heterocycles. The molecule has 0 spiro atoms. The third-order valence-corrected chi connectivity index (χ3v) is 7.81. The summed E-state index contributed by atoms with van der Waals surface area (Å²) in [6.45, 7) is 4.52. The van der Waals surface area contributed by atoms with Crippen LogP contribution in [-0.2, 0) is 54.0 Å². The SMILES string of the molecule is C#C[C@@]1(OC(C)=O)[C@@H](COC(Cc2ccsc2)(C(=O)OCC)C(=O)OCC)O[C@@H](n2cnc3c(Cl)nc(Cl)nc32)[C@@H]1OC(C)=O. The molecule has 14 nitrogen and oxygen atoms in total. The van der Waals surface area contributed by atoms with E-state index < -0.39 is 60.1 Å². The van der Waals surface area contributed by atoms with Crippen LogP contribution >= 0.6 is 34.5 Å². The first-order valence-corrected chi connectivity index (χ1v) is 15.2. The number of halogens is 2. The number of hydrogen-bond donors (Lipinski definition) is 0. The van der Waals surface area contributed by atoms with Gasteiger partial charge in [0.2, 0.25) is 17.0 Å². The Balaban J connectivity index is 1.84. The van der Waals surface area contributed by atoms with Crippen LogP contribution in [-0.4, -0.2) is 86.6 Å². The van der Waals surface area contributed by atoms with Gasteiger partial charge in [0, 0.05) is 20.3 Å². The molecule has 240 valence electrons. The summed E-state index contributed by atoms with van der Waals surface area (Å²) < 4.78 is 35.5.